The molecule has 1 aromatic carbocycles. The standard InChI is InChI=1S/C21H18N6O2S/c1-13-17(11-23-27(13)19-5-3-4-10-22-19)20(29)26-21-25-18(12-30-21)15-6-8-16(9-7-15)24-14(2)28/h3-12H,1-2H3,(H,24,28)(H,25,26,29). The van der Waals surface area contributed by atoms with Gasteiger partial charge in [-0.15, -0.1) is 11.3 Å². The van der Waals surface area contributed by atoms with E-state index in [4.69, 9.17) is 0 Å². The second-order valence-electron chi connectivity index (χ2n) is 6.49. The van der Waals surface area contributed by atoms with Gasteiger partial charge in [-0.1, -0.05) is 18.2 Å². The molecule has 4 aromatic rings. The van der Waals surface area contributed by atoms with Gasteiger partial charge < -0.3 is 5.32 Å². The number of anilines is 2. The van der Waals surface area contributed by atoms with Crippen molar-refractivity contribution in [2.45, 2.75) is 13.8 Å². The summed E-state index contributed by atoms with van der Waals surface area (Å²) in [4.78, 5) is 32.6. The van der Waals surface area contributed by atoms with Gasteiger partial charge in [0.2, 0.25) is 5.91 Å². The predicted octanol–water partition coefficient (Wildman–Crippen LogP) is 3.91. The Kier molecular flexibility index (Phi) is 5.36. The Labute approximate surface area is 176 Å². The molecule has 0 unspecified atom stereocenters. The van der Waals surface area contributed by atoms with Crippen molar-refractivity contribution in [3.05, 3.63) is 71.5 Å². The molecule has 2 amide bonds. The fourth-order valence-corrected chi connectivity index (χ4v) is 3.61. The summed E-state index contributed by atoms with van der Waals surface area (Å²) in [5.74, 6) is 0.243. The van der Waals surface area contributed by atoms with Crippen LogP contribution in [0.4, 0.5) is 10.8 Å². The third-order valence-electron chi connectivity index (χ3n) is 4.35. The highest BCUT2D eigenvalue weighted by Gasteiger charge is 2.17. The number of carbonyl (C=O) groups is 2. The molecule has 9 heteroatoms. The van der Waals surface area contributed by atoms with Crippen LogP contribution in [0.15, 0.2) is 60.2 Å². The number of carbonyl (C=O) groups excluding carboxylic acids is 2. The van der Waals surface area contributed by atoms with Crippen molar-refractivity contribution in [3.8, 4) is 17.1 Å². The topological polar surface area (TPSA) is 102 Å². The maximum atomic E-state index is 12.7. The molecule has 0 bridgehead atoms. The second-order valence-corrected chi connectivity index (χ2v) is 7.35. The summed E-state index contributed by atoms with van der Waals surface area (Å²) in [6.07, 6.45) is 3.20. The average Bonchev–Trinajstić information content (AvgIpc) is 3.35. The first-order chi connectivity index (χ1) is 14.5. The number of thiazole rings is 1. The molecule has 3 heterocycles. The molecule has 0 saturated carbocycles. The molecule has 2 N–H and O–H groups in total. The lowest BCUT2D eigenvalue weighted by molar-refractivity contribution is -0.114. The third kappa shape index (κ3) is 4.11. The molecule has 150 valence electrons. The van der Waals surface area contributed by atoms with Crippen LogP contribution < -0.4 is 10.6 Å². The first-order valence-corrected chi connectivity index (χ1v) is 10.00. The van der Waals surface area contributed by atoms with Gasteiger partial charge in [-0.05, 0) is 31.2 Å². The predicted molar refractivity (Wildman–Crippen MR) is 116 cm³/mol. The first kappa shape index (κ1) is 19.5. The molecule has 8 nitrogen and oxygen atoms in total. The van der Waals surface area contributed by atoms with Crippen molar-refractivity contribution in [2.75, 3.05) is 10.6 Å². The molecule has 0 aliphatic carbocycles. The summed E-state index contributed by atoms with van der Waals surface area (Å²) < 4.78 is 1.62. The summed E-state index contributed by atoms with van der Waals surface area (Å²) in [7, 11) is 0. The smallest absolute Gasteiger partial charge is 0.260 e. The van der Waals surface area contributed by atoms with Crippen LogP contribution >= 0.6 is 11.3 Å². The van der Waals surface area contributed by atoms with Gasteiger partial charge in [0.15, 0.2) is 10.9 Å². The molecule has 3 aromatic heterocycles. The van der Waals surface area contributed by atoms with E-state index in [-0.39, 0.29) is 11.8 Å². The van der Waals surface area contributed by atoms with E-state index >= 15 is 0 Å². The molecule has 0 radical (unpaired) electrons. The molecule has 0 spiro atoms. The number of benzene rings is 1. The summed E-state index contributed by atoms with van der Waals surface area (Å²) >= 11 is 1.34. The quantitative estimate of drug-likeness (QED) is 0.512. The van der Waals surface area contributed by atoms with Crippen LogP contribution in [0.3, 0.4) is 0 Å². The van der Waals surface area contributed by atoms with Crippen molar-refractivity contribution in [1.29, 1.82) is 0 Å². The van der Waals surface area contributed by atoms with E-state index in [2.05, 4.69) is 25.7 Å². The zero-order valence-corrected chi connectivity index (χ0v) is 17.1. The minimum atomic E-state index is -0.281. The fourth-order valence-electron chi connectivity index (χ4n) is 2.90. The Bertz CT molecular complexity index is 1200. The lowest BCUT2D eigenvalue weighted by Gasteiger charge is -2.04. The molecular weight excluding hydrogens is 400 g/mol. The van der Waals surface area contributed by atoms with E-state index in [0.29, 0.717) is 22.2 Å². The minimum absolute atomic E-state index is 0.122. The molecule has 4 rings (SSSR count). The van der Waals surface area contributed by atoms with Gasteiger partial charge in [0.05, 0.1) is 23.1 Å². The Hall–Kier alpha value is -3.85. The van der Waals surface area contributed by atoms with E-state index in [1.807, 2.05) is 54.8 Å². The number of hydrogen-bond donors (Lipinski definition) is 2. The van der Waals surface area contributed by atoms with Crippen molar-refractivity contribution in [3.63, 3.8) is 0 Å². The number of hydrogen-bond acceptors (Lipinski definition) is 6. The molecule has 0 aliphatic rings. The van der Waals surface area contributed by atoms with Crippen LogP contribution in [0.5, 0.6) is 0 Å². The maximum absolute atomic E-state index is 12.7. The second kappa shape index (κ2) is 8.26. The first-order valence-electron chi connectivity index (χ1n) is 9.12. The molecule has 0 fully saturated rings. The number of nitrogens with one attached hydrogen (secondary N) is 2. The van der Waals surface area contributed by atoms with Gasteiger partial charge in [-0.3, -0.25) is 14.9 Å². The Balaban J connectivity index is 1.48. The van der Waals surface area contributed by atoms with Crippen LogP contribution in [0, 0.1) is 6.92 Å². The van der Waals surface area contributed by atoms with Crippen LogP contribution in [0.2, 0.25) is 0 Å². The number of aromatic nitrogens is 4. The van der Waals surface area contributed by atoms with Crippen LogP contribution in [-0.2, 0) is 4.79 Å². The molecular formula is C21H18N6O2S. The Morgan fingerprint density at radius 2 is 1.87 bits per heavy atom. The largest absolute Gasteiger partial charge is 0.326 e. The maximum Gasteiger partial charge on any atom is 0.260 e. The monoisotopic (exact) mass is 418 g/mol. The number of rotatable bonds is 5. The van der Waals surface area contributed by atoms with E-state index < -0.39 is 0 Å². The van der Waals surface area contributed by atoms with E-state index in [1.165, 1.54) is 24.5 Å². The highest BCUT2D eigenvalue weighted by Crippen LogP contribution is 2.26. The highest BCUT2D eigenvalue weighted by atomic mass is 32.1. The van der Waals surface area contributed by atoms with Gasteiger partial charge in [0, 0.05) is 29.8 Å². The van der Waals surface area contributed by atoms with E-state index in [1.54, 1.807) is 10.9 Å². The molecule has 0 atom stereocenters. The van der Waals surface area contributed by atoms with Gasteiger partial charge in [0.1, 0.15) is 0 Å². The molecule has 30 heavy (non-hydrogen) atoms. The van der Waals surface area contributed by atoms with Crippen LogP contribution in [-0.4, -0.2) is 31.6 Å². The Morgan fingerprint density at radius 1 is 1.07 bits per heavy atom. The Morgan fingerprint density at radius 3 is 2.57 bits per heavy atom. The zero-order valence-electron chi connectivity index (χ0n) is 16.3. The van der Waals surface area contributed by atoms with Crippen molar-refractivity contribution >= 4 is 34.0 Å². The summed E-state index contributed by atoms with van der Waals surface area (Å²) in [5, 5.41) is 12.2. The average molecular weight is 418 g/mol. The van der Waals surface area contributed by atoms with Crippen molar-refractivity contribution in [1.82, 2.24) is 19.7 Å². The lowest BCUT2D eigenvalue weighted by atomic mass is 10.1. The number of nitrogens with zero attached hydrogens (tertiary/aromatic N) is 4. The van der Waals surface area contributed by atoms with E-state index in [9.17, 15) is 9.59 Å². The van der Waals surface area contributed by atoms with Crippen molar-refractivity contribution < 1.29 is 9.59 Å². The molecule has 0 saturated heterocycles. The fraction of sp³-hybridized carbons (Fsp3) is 0.0952. The molecule has 0 aliphatic heterocycles. The van der Waals surface area contributed by atoms with Crippen LogP contribution in [0.25, 0.3) is 17.1 Å². The summed E-state index contributed by atoms with van der Waals surface area (Å²) in [6, 6.07) is 12.9. The zero-order chi connectivity index (χ0) is 21.1. The summed E-state index contributed by atoms with van der Waals surface area (Å²) in [5.41, 5.74) is 3.49. The third-order valence-corrected chi connectivity index (χ3v) is 5.10. The van der Waals surface area contributed by atoms with Gasteiger partial charge in [-0.2, -0.15) is 5.10 Å². The van der Waals surface area contributed by atoms with Crippen molar-refractivity contribution in [2.24, 2.45) is 0 Å². The summed E-state index contributed by atoms with van der Waals surface area (Å²) in [6.45, 7) is 3.28. The highest BCUT2D eigenvalue weighted by molar-refractivity contribution is 7.14. The van der Waals surface area contributed by atoms with E-state index in [0.717, 1.165) is 16.9 Å². The number of pyridine rings is 1. The normalized spacial score (nSPS) is 10.6. The lowest BCUT2D eigenvalue weighted by Crippen LogP contribution is -2.13. The van der Waals surface area contributed by atoms with Gasteiger partial charge in [0.25, 0.3) is 5.91 Å². The SMILES string of the molecule is CC(=O)Nc1ccc(-c2csc(NC(=O)c3cnn(-c4ccccn4)c3C)n2)cc1. The van der Waals surface area contributed by atoms with Gasteiger partial charge >= 0.3 is 0 Å². The number of amides is 2. The van der Waals surface area contributed by atoms with Gasteiger partial charge in [-0.25, -0.2) is 14.6 Å². The van der Waals surface area contributed by atoms with Crippen LogP contribution in [0.1, 0.15) is 23.0 Å². The minimum Gasteiger partial charge on any atom is -0.326 e.